The Balaban J connectivity index is 2.57. The molecule has 1 rings (SSSR count). The molecule has 1 aliphatic heterocycles. The summed E-state index contributed by atoms with van der Waals surface area (Å²) in [6.07, 6.45) is 0. The first-order chi connectivity index (χ1) is 5.41. The zero-order chi connectivity index (χ0) is 9.35. The van der Waals surface area contributed by atoms with E-state index in [1.54, 1.807) is 4.90 Å². The second-order valence-electron chi connectivity index (χ2n) is 3.73. The second kappa shape index (κ2) is 3.26. The van der Waals surface area contributed by atoms with Crippen molar-refractivity contribution < 1.29 is 4.79 Å². The van der Waals surface area contributed by atoms with E-state index < -0.39 is 0 Å². The fraction of sp³-hybridized carbons (Fsp3) is 0.875. The number of piperazine rings is 1. The second-order valence-corrected chi connectivity index (χ2v) is 4.83. The monoisotopic (exact) mass is 188 g/mol. The minimum atomic E-state index is -0.184. The van der Waals surface area contributed by atoms with Crippen LogP contribution in [0.1, 0.15) is 13.8 Å². The van der Waals surface area contributed by atoms with Crippen molar-refractivity contribution in [2.45, 2.75) is 18.7 Å². The van der Waals surface area contributed by atoms with Crippen LogP contribution in [0, 0.1) is 0 Å². The maximum atomic E-state index is 11.3. The Morgan fingerprint density at radius 2 is 2.00 bits per heavy atom. The molecule has 0 spiro atoms. The Bertz CT molecular complexity index is 188. The molecule has 0 aromatic heterocycles. The lowest BCUT2D eigenvalue weighted by Crippen LogP contribution is -2.54. The molecule has 3 nitrogen and oxygen atoms in total. The van der Waals surface area contributed by atoms with Gasteiger partial charge in [-0.15, -0.1) is 0 Å². The van der Waals surface area contributed by atoms with Crippen LogP contribution >= 0.6 is 12.6 Å². The van der Waals surface area contributed by atoms with E-state index in [9.17, 15) is 4.79 Å². The Morgan fingerprint density at radius 3 is 2.42 bits per heavy atom. The third kappa shape index (κ3) is 2.14. The third-order valence-electron chi connectivity index (χ3n) is 2.23. The molecule has 0 radical (unpaired) electrons. The quantitative estimate of drug-likeness (QED) is 0.603. The van der Waals surface area contributed by atoms with Crippen molar-refractivity contribution in [1.82, 2.24) is 9.80 Å². The third-order valence-corrected chi connectivity index (χ3v) is 2.51. The van der Waals surface area contributed by atoms with Gasteiger partial charge in [0, 0.05) is 20.1 Å². The van der Waals surface area contributed by atoms with Crippen LogP contribution in [-0.2, 0) is 4.79 Å². The molecule has 1 fully saturated rings. The Hall–Kier alpha value is -0.220. The summed E-state index contributed by atoms with van der Waals surface area (Å²) in [5, 5.41) is 0. The average Bonchev–Trinajstić information content (AvgIpc) is 1.92. The van der Waals surface area contributed by atoms with Crippen molar-refractivity contribution in [3.8, 4) is 0 Å². The molecule has 1 amide bonds. The lowest BCUT2D eigenvalue weighted by atomic mass is 10.2. The largest absolute Gasteiger partial charge is 0.343 e. The molecule has 12 heavy (non-hydrogen) atoms. The van der Waals surface area contributed by atoms with Crippen molar-refractivity contribution in [3.63, 3.8) is 0 Å². The first kappa shape index (κ1) is 9.86. The van der Waals surface area contributed by atoms with Gasteiger partial charge in [0.1, 0.15) is 0 Å². The molecule has 70 valence electrons. The molecule has 0 unspecified atom stereocenters. The van der Waals surface area contributed by atoms with Crippen LogP contribution in [0.15, 0.2) is 0 Å². The van der Waals surface area contributed by atoms with E-state index in [0.717, 1.165) is 13.1 Å². The van der Waals surface area contributed by atoms with E-state index in [4.69, 9.17) is 0 Å². The summed E-state index contributed by atoms with van der Waals surface area (Å²) in [4.78, 5) is 15.0. The van der Waals surface area contributed by atoms with Crippen LogP contribution < -0.4 is 0 Å². The number of hydrogen-bond acceptors (Lipinski definition) is 3. The summed E-state index contributed by atoms with van der Waals surface area (Å²) in [7, 11) is 1.84. The SMILES string of the molecule is CN1CCN(C(C)(C)S)CC1=O. The summed E-state index contributed by atoms with van der Waals surface area (Å²) in [5.41, 5.74) is 0. The summed E-state index contributed by atoms with van der Waals surface area (Å²) < 4.78 is 0. The van der Waals surface area contributed by atoms with E-state index in [1.807, 2.05) is 20.9 Å². The van der Waals surface area contributed by atoms with Gasteiger partial charge in [-0.25, -0.2) is 0 Å². The van der Waals surface area contributed by atoms with Crippen LogP contribution in [0.3, 0.4) is 0 Å². The van der Waals surface area contributed by atoms with Gasteiger partial charge in [-0.1, -0.05) is 0 Å². The summed E-state index contributed by atoms with van der Waals surface area (Å²) in [6.45, 7) is 6.23. The molecular formula is C8H16N2OS. The Kier molecular flexibility index (Phi) is 2.68. The van der Waals surface area contributed by atoms with Crippen molar-refractivity contribution in [2.75, 3.05) is 26.7 Å². The molecule has 4 heteroatoms. The fourth-order valence-corrected chi connectivity index (χ4v) is 1.40. The van der Waals surface area contributed by atoms with Gasteiger partial charge in [0.15, 0.2) is 0 Å². The number of carbonyl (C=O) groups excluding carboxylic acids is 1. The molecule has 0 N–H and O–H groups in total. The lowest BCUT2D eigenvalue weighted by molar-refractivity contribution is -0.135. The molecule has 1 aliphatic rings. The predicted octanol–water partition coefficient (Wildman–Crippen LogP) is 0.426. The molecule has 1 heterocycles. The van der Waals surface area contributed by atoms with Crippen LogP contribution in [0.5, 0.6) is 0 Å². The highest BCUT2D eigenvalue weighted by Crippen LogP contribution is 2.20. The van der Waals surface area contributed by atoms with Crippen molar-refractivity contribution in [3.05, 3.63) is 0 Å². The Labute approximate surface area is 79.1 Å². The van der Waals surface area contributed by atoms with Crippen LogP contribution in [-0.4, -0.2) is 47.3 Å². The Morgan fingerprint density at radius 1 is 1.42 bits per heavy atom. The number of thiol groups is 1. The predicted molar refractivity (Wildman–Crippen MR) is 52.3 cm³/mol. The van der Waals surface area contributed by atoms with Gasteiger partial charge in [-0.3, -0.25) is 9.69 Å². The van der Waals surface area contributed by atoms with Gasteiger partial charge in [-0.2, -0.15) is 12.6 Å². The number of likely N-dealkylation sites (N-methyl/N-ethyl adjacent to an activating group) is 1. The molecule has 0 aliphatic carbocycles. The smallest absolute Gasteiger partial charge is 0.236 e. The van der Waals surface area contributed by atoms with Crippen LogP contribution in [0.25, 0.3) is 0 Å². The highest BCUT2D eigenvalue weighted by atomic mass is 32.1. The highest BCUT2D eigenvalue weighted by molar-refractivity contribution is 7.81. The lowest BCUT2D eigenvalue weighted by Gasteiger charge is -2.39. The number of rotatable bonds is 1. The van der Waals surface area contributed by atoms with Gasteiger partial charge in [0.25, 0.3) is 0 Å². The summed E-state index contributed by atoms with van der Waals surface area (Å²) in [6, 6.07) is 0. The van der Waals surface area contributed by atoms with E-state index in [0.29, 0.717) is 6.54 Å². The zero-order valence-electron chi connectivity index (χ0n) is 7.87. The minimum Gasteiger partial charge on any atom is -0.343 e. The van der Waals surface area contributed by atoms with Crippen LogP contribution in [0.4, 0.5) is 0 Å². The number of nitrogens with zero attached hydrogens (tertiary/aromatic N) is 2. The first-order valence-corrected chi connectivity index (χ1v) is 4.57. The highest BCUT2D eigenvalue weighted by Gasteiger charge is 2.29. The maximum Gasteiger partial charge on any atom is 0.236 e. The molecule has 0 atom stereocenters. The summed E-state index contributed by atoms with van der Waals surface area (Å²) in [5.74, 6) is 0.184. The normalized spacial score (nSPS) is 21.7. The fourth-order valence-electron chi connectivity index (χ4n) is 1.23. The van der Waals surface area contributed by atoms with Gasteiger partial charge < -0.3 is 4.90 Å². The number of carbonyl (C=O) groups is 1. The molecule has 0 saturated carbocycles. The van der Waals surface area contributed by atoms with E-state index in [-0.39, 0.29) is 10.8 Å². The minimum absolute atomic E-state index is 0.184. The molecule has 1 saturated heterocycles. The molecule has 0 bridgehead atoms. The van der Waals surface area contributed by atoms with Crippen molar-refractivity contribution >= 4 is 18.5 Å². The topological polar surface area (TPSA) is 23.6 Å². The van der Waals surface area contributed by atoms with Gasteiger partial charge >= 0.3 is 0 Å². The standard InChI is InChI=1S/C8H16N2OS/c1-8(2,12)10-5-4-9(3)7(11)6-10/h12H,4-6H2,1-3H3. The number of amides is 1. The molecule has 0 aromatic carbocycles. The first-order valence-electron chi connectivity index (χ1n) is 4.12. The van der Waals surface area contributed by atoms with E-state index in [2.05, 4.69) is 17.5 Å². The van der Waals surface area contributed by atoms with Gasteiger partial charge in [0.2, 0.25) is 5.91 Å². The average molecular weight is 188 g/mol. The number of hydrogen-bond donors (Lipinski definition) is 1. The van der Waals surface area contributed by atoms with Crippen molar-refractivity contribution in [1.29, 1.82) is 0 Å². The zero-order valence-corrected chi connectivity index (χ0v) is 8.77. The van der Waals surface area contributed by atoms with E-state index >= 15 is 0 Å². The van der Waals surface area contributed by atoms with E-state index in [1.165, 1.54) is 0 Å². The van der Waals surface area contributed by atoms with Crippen molar-refractivity contribution in [2.24, 2.45) is 0 Å². The van der Waals surface area contributed by atoms with Gasteiger partial charge in [0.05, 0.1) is 11.4 Å². The van der Waals surface area contributed by atoms with Crippen LogP contribution in [0.2, 0.25) is 0 Å². The summed E-state index contributed by atoms with van der Waals surface area (Å²) >= 11 is 4.42. The molecular weight excluding hydrogens is 172 g/mol. The molecule has 0 aromatic rings. The maximum absolute atomic E-state index is 11.3. The van der Waals surface area contributed by atoms with Gasteiger partial charge in [-0.05, 0) is 13.8 Å².